The number of rotatable bonds is 4. The van der Waals surface area contributed by atoms with Gasteiger partial charge in [0.1, 0.15) is 5.75 Å². The van der Waals surface area contributed by atoms with Gasteiger partial charge in [0.15, 0.2) is 5.69 Å². The molecule has 0 radical (unpaired) electrons. The number of H-pyrrole nitrogens is 1. The van der Waals surface area contributed by atoms with Crippen LogP contribution in [-0.2, 0) is 0 Å². The van der Waals surface area contributed by atoms with Gasteiger partial charge >= 0.3 is 0 Å². The van der Waals surface area contributed by atoms with Gasteiger partial charge in [-0.2, -0.15) is 0 Å². The molecule has 2 heterocycles. The molecule has 3 aromatic rings. The van der Waals surface area contributed by atoms with E-state index in [-0.39, 0.29) is 5.56 Å². The first-order valence-electron chi connectivity index (χ1n) is 8.91. The summed E-state index contributed by atoms with van der Waals surface area (Å²) in [6.45, 7) is 3.11. The number of hydrogen-bond donors (Lipinski definition) is 1. The minimum Gasteiger partial charge on any atom is -0.495 e. The Morgan fingerprint density at radius 2 is 1.56 bits per heavy atom. The number of aromatic nitrogens is 3. The zero-order valence-corrected chi connectivity index (χ0v) is 15.1. The molecule has 1 aliphatic heterocycles. The lowest BCUT2D eigenvalue weighted by Crippen LogP contribution is -2.47. The van der Waals surface area contributed by atoms with Crippen LogP contribution in [0.1, 0.15) is 0 Å². The van der Waals surface area contributed by atoms with Gasteiger partial charge in [-0.25, -0.2) is 0 Å². The first-order chi connectivity index (χ1) is 13.3. The standard InChI is InChI=1S/C20H21N5O2/c1-27-17-10-6-5-9-16(17)24-11-13-25(14-12-24)20-21-19(26)18(22-23-20)15-7-3-2-4-8-15/h2-10H,11-14H2,1H3,(H,21,23,26). The fourth-order valence-corrected chi connectivity index (χ4v) is 3.31. The van der Waals surface area contributed by atoms with Crippen LogP contribution in [0.2, 0.25) is 0 Å². The molecule has 0 atom stereocenters. The highest BCUT2D eigenvalue weighted by molar-refractivity contribution is 5.60. The molecule has 2 aromatic carbocycles. The van der Waals surface area contributed by atoms with E-state index in [9.17, 15) is 4.79 Å². The quantitative estimate of drug-likeness (QED) is 0.766. The van der Waals surface area contributed by atoms with Crippen molar-refractivity contribution in [3.63, 3.8) is 0 Å². The number of methoxy groups -OCH3 is 1. The summed E-state index contributed by atoms with van der Waals surface area (Å²) >= 11 is 0. The molecule has 4 rings (SSSR count). The van der Waals surface area contributed by atoms with Crippen molar-refractivity contribution >= 4 is 11.6 Å². The molecule has 0 saturated carbocycles. The molecule has 7 heteroatoms. The van der Waals surface area contributed by atoms with Crippen molar-refractivity contribution < 1.29 is 4.74 Å². The zero-order valence-electron chi connectivity index (χ0n) is 15.1. The van der Waals surface area contributed by atoms with Gasteiger partial charge in [-0.15, -0.1) is 10.2 Å². The molecule has 0 unspecified atom stereocenters. The average molecular weight is 363 g/mol. The van der Waals surface area contributed by atoms with Crippen LogP contribution in [0.3, 0.4) is 0 Å². The predicted octanol–water partition coefficient (Wildman–Crippen LogP) is 2.17. The van der Waals surface area contributed by atoms with Crippen molar-refractivity contribution in [1.82, 2.24) is 15.2 Å². The topological polar surface area (TPSA) is 74.3 Å². The Hall–Kier alpha value is -3.35. The average Bonchev–Trinajstić information content (AvgIpc) is 2.74. The highest BCUT2D eigenvalue weighted by Gasteiger charge is 2.21. The third kappa shape index (κ3) is 3.48. The number of ether oxygens (including phenoxy) is 1. The maximum absolute atomic E-state index is 12.4. The van der Waals surface area contributed by atoms with Crippen molar-refractivity contribution in [2.24, 2.45) is 0 Å². The second-order valence-corrected chi connectivity index (χ2v) is 6.34. The second kappa shape index (κ2) is 7.49. The van der Waals surface area contributed by atoms with Gasteiger partial charge in [0.25, 0.3) is 5.56 Å². The van der Waals surface area contributed by atoms with Gasteiger partial charge in [0.2, 0.25) is 5.95 Å². The van der Waals surface area contributed by atoms with E-state index in [4.69, 9.17) is 4.74 Å². The largest absolute Gasteiger partial charge is 0.495 e. The summed E-state index contributed by atoms with van der Waals surface area (Å²) in [7, 11) is 1.68. The van der Waals surface area contributed by atoms with Crippen LogP contribution in [0.15, 0.2) is 59.4 Å². The number of nitrogens with one attached hydrogen (secondary N) is 1. The Morgan fingerprint density at radius 1 is 0.889 bits per heavy atom. The van der Waals surface area contributed by atoms with Gasteiger partial charge in [0.05, 0.1) is 12.8 Å². The number of hydrogen-bond acceptors (Lipinski definition) is 6. The molecule has 1 fully saturated rings. The lowest BCUT2D eigenvalue weighted by atomic mass is 10.2. The predicted molar refractivity (Wildman–Crippen MR) is 106 cm³/mol. The van der Waals surface area contributed by atoms with Crippen LogP contribution < -0.4 is 20.1 Å². The zero-order chi connectivity index (χ0) is 18.6. The summed E-state index contributed by atoms with van der Waals surface area (Å²) in [6.07, 6.45) is 0. The SMILES string of the molecule is COc1ccccc1N1CCN(c2nnc(-c3ccccc3)c(=O)[nH]2)CC1. The summed E-state index contributed by atoms with van der Waals surface area (Å²) in [4.78, 5) is 19.6. The summed E-state index contributed by atoms with van der Waals surface area (Å²) in [5, 5.41) is 8.41. The summed E-state index contributed by atoms with van der Waals surface area (Å²) in [5.41, 5.74) is 1.96. The molecule has 7 nitrogen and oxygen atoms in total. The van der Waals surface area contributed by atoms with Crippen LogP contribution in [0, 0.1) is 0 Å². The van der Waals surface area contributed by atoms with E-state index in [1.54, 1.807) is 7.11 Å². The normalized spacial score (nSPS) is 14.3. The number of aromatic amines is 1. The highest BCUT2D eigenvalue weighted by Crippen LogP contribution is 2.28. The Bertz CT molecular complexity index is 965. The van der Waals surface area contributed by atoms with Crippen molar-refractivity contribution in [2.75, 3.05) is 43.1 Å². The number of piperazine rings is 1. The Morgan fingerprint density at radius 3 is 2.26 bits per heavy atom. The summed E-state index contributed by atoms with van der Waals surface area (Å²) in [6, 6.07) is 17.4. The molecule has 27 heavy (non-hydrogen) atoms. The van der Waals surface area contributed by atoms with Gasteiger partial charge in [0, 0.05) is 31.7 Å². The van der Waals surface area contributed by atoms with E-state index >= 15 is 0 Å². The molecule has 0 amide bonds. The molecular weight excluding hydrogens is 342 g/mol. The molecule has 0 aliphatic carbocycles. The lowest BCUT2D eigenvalue weighted by molar-refractivity contribution is 0.413. The maximum Gasteiger partial charge on any atom is 0.279 e. The minimum atomic E-state index is -0.224. The van der Waals surface area contributed by atoms with Crippen molar-refractivity contribution in [3.8, 4) is 17.0 Å². The third-order valence-corrected chi connectivity index (χ3v) is 4.74. The Kier molecular flexibility index (Phi) is 4.74. The highest BCUT2D eigenvalue weighted by atomic mass is 16.5. The molecule has 138 valence electrons. The number of anilines is 2. The Balaban J connectivity index is 1.49. The van der Waals surface area contributed by atoms with Crippen LogP contribution in [0.25, 0.3) is 11.3 Å². The smallest absolute Gasteiger partial charge is 0.279 e. The van der Waals surface area contributed by atoms with Gasteiger partial charge in [-0.1, -0.05) is 42.5 Å². The van der Waals surface area contributed by atoms with Crippen molar-refractivity contribution in [2.45, 2.75) is 0 Å². The molecule has 0 spiro atoms. The number of para-hydroxylation sites is 2. The molecule has 1 aromatic heterocycles. The summed E-state index contributed by atoms with van der Waals surface area (Å²) < 4.78 is 5.46. The van der Waals surface area contributed by atoms with Gasteiger partial charge < -0.3 is 14.5 Å². The van der Waals surface area contributed by atoms with Gasteiger partial charge in [-0.05, 0) is 12.1 Å². The van der Waals surface area contributed by atoms with Crippen LogP contribution in [0.4, 0.5) is 11.6 Å². The third-order valence-electron chi connectivity index (χ3n) is 4.74. The molecule has 1 N–H and O–H groups in total. The number of nitrogens with zero attached hydrogens (tertiary/aromatic N) is 4. The Labute approximate surface area is 157 Å². The van der Waals surface area contributed by atoms with Crippen LogP contribution in [0.5, 0.6) is 5.75 Å². The van der Waals surface area contributed by atoms with Crippen molar-refractivity contribution in [1.29, 1.82) is 0 Å². The molecular formula is C20H21N5O2. The number of benzene rings is 2. The first kappa shape index (κ1) is 17.1. The van der Waals surface area contributed by atoms with E-state index in [1.807, 2.05) is 48.5 Å². The van der Waals surface area contributed by atoms with E-state index in [2.05, 4.69) is 31.0 Å². The van der Waals surface area contributed by atoms with E-state index in [0.717, 1.165) is 43.2 Å². The monoisotopic (exact) mass is 363 g/mol. The van der Waals surface area contributed by atoms with Crippen LogP contribution >= 0.6 is 0 Å². The van der Waals surface area contributed by atoms with E-state index in [0.29, 0.717) is 11.6 Å². The molecule has 1 aliphatic rings. The van der Waals surface area contributed by atoms with E-state index in [1.165, 1.54) is 0 Å². The van der Waals surface area contributed by atoms with E-state index < -0.39 is 0 Å². The van der Waals surface area contributed by atoms with Crippen molar-refractivity contribution in [3.05, 3.63) is 65.0 Å². The fraction of sp³-hybridized carbons (Fsp3) is 0.250. The van der Waals surface area contributed by atoms with Crippen LogP contribution in [-0.4, -0.2) is 48.5 Å². The summed E-state index contributed by atoms with van der Waals surface area (Å²) in [5.74, 6) is 1.38. The molecule has 0 bridgehead atoms. The maximum atomic E-state index is 12.4. The fourth-order valence-electron chi connectivity index (χ4n) is 3.31. The first-order valence-corrected chi connectivity index (χ1v) is 8.91. The lowest BCUT2D eigenvalue weighted by Gasteiger charge is -2.36. The minimum absolute atomic E-state index is 0.224. The molecule has 1 saturated heterocycles. The second-order valence-electron chi connectivity index (χ2n) is 6.34. The van der Waals surface area contributed by atoms with Gasteiger partial charge in [-0.3, -0.25) is 9.78 Å².